The topological polar surface area (TPSA) is 71.8 Å². The van der Waals surface area contributed by atoms with Crippen molar-refractivity contribution in [2.75, 3.05) is 6.54 Å². The van der Waals surface area contributed by atoms with Crippen LogP contribution in [0, 0.1) is 5.82 Å². The van der Waals surface area contributed by atoms with Crippen LogP contribution in [0.3, 0.4) is 0 Å². The lowest BCUT2D eigenvalue weighted by atomic mass is 10.1. The third-order valence-corrected chi connectivity index (χ3v) is 4.15. The fourth-order valence-electron chi connectivity index (χ4n) is 2.03. The number of aromatic amines is 1. The summed E-state index contributed by atoms with van der Waals surface area (Å²) in [4.78, 5) is 18.7. The van der Waals surface area contributed by atoms with Gasteiger partial charge in [-0.05, 0) is 12.5 Å². The highest BCUT2D eigenvalue weighted by Crippen LogP contribution is 2.33. The molecule has 0 radical (unpaired) electrons. The van der Waals surface area contributed by atoms with Crippen LogP contribution >= 0.6 is 11.8 Å². The third-order valence-electron chi connectivity index (χ3n) is 3.00. The summed E-state index contributed by atoms with van der Waals surface area (Å²) in [5.74, 6) is -0.299. The van der Waals surface area contributed by atoms with Crippen LogP contribution < -0.4 is 11.3 Å². The van der Waals surface area contributed by atoms with Crippen molar-refractivity contribution in [3.63, 3.8) is 0 Å². The highest BCUT2D eigenvalue weighted by Gasteiger charge is 2.17. The molecule has 112 valence electrons. The SMILES string of the molecule is CCCc1cc(=O)[nH]c(SC(CN)c2ccccc2F)n1. The van der Waals surface area contributed by atoms with Crippen molar-refractivity contribution in [1.82, 2.24) is 9.97 Å². The Balaban J connectivity index is 2.27. The molecule has 1 unspecified atom stereocenters. The number of benzene rings is 1. The number of nitrogens with one attached hydrogen (secondary N) is 1. The molecule has 1 atom stereocenters. The van der Waals surface area contributed by atoms with Gasteiger partial charge in [0.1, 0.15) is 5.82 Å². The zero-order chi connectivity index (χ0) is 15.2. The molecule has 21 heavy (non-hydrogen) atoms. The summed E-state index contributed by atoms with van der Waals surface area (Å²) < 4.78 is 13.8. The van der Waals surface area contributed by atoms with Gasteiger partial charge in [-0.25, -0.2) is 9.37 Å². The standard InChI is InChI=1S/C15H18FN3OS/c1-2-5-10-8-14(20)19-15(18-10)21-13(9-17)11-6-3-4-7-12(11)16/h3-4,6-8,13H,2,5,9,17H2,1H3,(H,18,19,20). The Morgan fingerprint density at radius 3 is 2.86 bits per heavy atom. The van der Waals surface area contributed by atoms with E-state index in [1.54, 1.807) is 18.2 Å². The minimum absolute atomic E-state index is 0.194. The number of halogens is 1. The molecule has 2 rings (SSSR count). The summed E-state index contributed by atoms with van der Waals surface area (Å²) in [6.45, 7) is 2.28. The number of hydrogen-bond donors (Lipinski definition) is 2. The molecular weight excluding hydrogens is 289 g/mol. The Morgan fingerprint density at radius 2 is 2.19 bits per heavy atom. The van der Waals surface area contributed by atoms with Crippen molar-refractivity contribution in [2.24, 2.45) is 5.73 Å². The van der Waals surface area contributed by atoms with E-state index in [-0.39, 0.29) is 23.2 Å². The van der Waals surface area contributed by atoms with E-state index in [0.717, 1.165) is 18.5 Å². The fourth-order valence-corrected chi connectivity index (χ4v) is 3.05. The summed E-state index contributed by atoms with van der Waals surface area (Å²) >= 11 is 1.28. The van der Waals surface area contributed by atoms with Crippen LogP contribution in [-0.2, 0) is 6.42 Å². The molecule has 0 fully saturated rings. The molecule has 1 heterocycles. The highest BCUT2D eigenvalue weighted by molar-refractivity contribution is 7.99. The van der Waals surface area contributed by atoms with Gasteiger partial charge in [-0.15, -0.1) is 0 Å². The number of thioether (sulfide) groups is 1. The number of nitrogens with zero attached hydrogens (tertiary/aromatic N) is 1. The highest BCUT2D eigenvalue weighted by atomic mass is 32.2. The van der Waals surface area contributed by atoms with Crippen LogP contribution in [0.5, 0.6) is 0 Å². The third kappa shape index (κ3) is 4.15. The van der Waals surface area contributed by atoms with Crippen molar-refractivity contribution in [1.29, 1.82) is 0 Å². The largest absolute Gasteiger partial charge is 0.329 e. The maximum Gasteiger partial charge on any atom is 0.251 e. The molecule has 0 bridgehead atoms. The van der Waals surface area contributed by atoms with Crippen LogP contribution in [0.4, 0.5) is 4.39 Å². The number of hydrogen-bond acceptors (Lipinski definition) is 4. The van der Waals surface area contributed by atoms with Gasteiger partial charge in [0.15, 0.2) is 5.16 Å². The first-order chi connectivity index (χ1) is 10.1. The van der Waals surface area contributed by atoms with Crippen molar-refractivity contribution in [2.45, 2.75) is 30.2 Å². The number of aryl methyl sites for hydroxylation is 1. The summed E-state index contributed by atoms with van der Waals surface area (Å²) in [7, 11) is 0. The second-order valence-electron chi connectivity index (χ2n) is 4.66. The number of aromatic nitrogens is 2. The predicted molar refractivity (Wildman–Crippen MR) is 82.9 cm³/mol. The molecule has 3 N–H and O–H groups in total. The van der Waals surface area contributed by atoms with E-state index in [2.05, 4.69) is 9.97 Å². The van der Waals surface area contributed by atoms with Crippen molar-refractivity contribution in [3.8, 4) is 0 Å². The normalized spacial score (nSPS) is 12.3. The molecule has 2 aromatic rings. The maximum absolute atomic E-state index is 13.8. The van der Waals surface area contributed by atoms with Crippen LogP contribution in [0.15, 0.2) is 40.3 Å². The molecular formula is C15H18FN3OS. The van der Waals surface area contributed by atoms with Gasteiger partial charge < -0.3 is 10.7 Å². The van der Waals surface area contributed by atoms with E-state index in [9.17, 15) is 9.18 Å². The Hall–Kier alpha value is -1.66. The minimum Gasteiger partial charge on any atom is -0.329 e. The lowest BCUT2D eigenvalue weighted by Crippen LogP contribution is -2.14. The molecule has 1 aromatic carbocycles. The Morgan fingerprint density at radius 1 is 1.43 bits per heavy atom. The van der Waals surface area contributed by atoms with Gasteiger partial charge >= 0.3 is 0 Å². The maximum atomic E-state index is 13.8. The average molecular weight is 307 g/mol. The summed E-state index contributed by atoms with van der Waals surface area (Å²) in [5, 5.41) is 0.191. The molecule has 0 aliphatic rings. The molecule has 4 nitrogen and oxygen atoms in total. The molecule has 0 saturated heterocycles. The van der Waals surface area contributed by atoms with Crippen molar-refractivity contribution >= 4 is 11.8 Å². The molecule has 0 spiro atoms. The monoisotopic (exact) mass is 307 g/mol. The van der Waals surface area contributed by atoms with E-state index < -0.39 is 0 Å². The number of nitrogens with two attached hydrogens (primary N) is 1. The summed E-state index contributed by atoms with van der Waals surface area (Å²) in [6, 6.07) is 8.01. The van der Waals surface area contributed by atoms with Crippen LogP contribution in [0.2, 0.25) is 0 Å². The van der Waals surface area contributed by atoms with E-state index in [1.165, 1.54) is 23.9 Å². The Bertz CT molecular complexity index is 659. The van der Waals surface area contributed by atoms with Gasteiger partial charge in [-0.3, -0.25) is 4.79 Å². The second kappa shape index (κ2) is 7.38. The second-order valence-corrected chi connectivity index (χ2v) is 5.85. The van der Waals surface area contributed by atoms with Gasteiger partial charge in [0.05, 0.1) is 5.25 Å². The molecule has 1 aromatic heterocycles. The lowest BCUT2D eigenvalue weighted by Gasteiger charge is -2.15. The zero-order valence-electron chi connectivity index (χ0n) is 11.8. The first-order valence-corrected chi connectivity index (χ1v) is 7.73. The van der Waals surface area contributed by atoms with E-state index in [1.807, 2.05) is 6.92 Å². The van der Waals surface area contributed by atoms with Crippen molar-refractivity contribution in [3.05, 3.63) is 57.8 Å². The van der Waals surface area contributed by atoms with Crippen molar-refractivity contribution < 1.29 is 4.39 Å². The fraction of sp³-hybridized carbons (Fsp3) is 0.333. The Kier molecular flexibility index (Phi) is 5.52. The van der Waals surface area contributed by atoms with Crippen LogP contribution in [-0.4, -0.2) is 16.5 Å². The van der Waals surface area contributed by atoms with E-state index >= 15 is 0 Å². The zero-order valence-corrected chi connectivity index (χ0v) is 12.6. The molecule has 0 aliphatic heterocycles. The Labute approximate surface area is 127 Å². The predicted octanol–water partition coefficient (Wildman–Crippen LogP) is 2.65. The van der Waals surface area contributed by atoms with Crippen LogP contribution in [0.1, 0.15) is 29.9 Å². The first-order valence-electron chi connectivity index (χ1n) is 6.85. The molecule has 6 heteroatoms. The average Bonchev–Trinajstić information content (AvgIpc) is 2.45. The minimum atomic E-state index is -0.299. The number of rotatable bonds is 6. The molecule has 0 aliphatic carbocycles. The molecule has 0 saturated carbocycles. The van der Waals surface area contributed by atoms with E-state index in [0.29, 0.717) is 10.7 Å². The van der Waals surface area contributed by atoms with Gasteiger partial charge in [-0.2, -0.15) is 0 Å². The quantitative estimate of drug-likeness (QED) is 0.636. The van der Waals surface area contributed by atoms with Crippen LogP contribution in [0.25, 0.3) is 0 Å². The van der Waals surface area contributed by atoms with Gasteiger partial charge in [0, 0.05) is 23.9 Å². The number of H-pyrrole nitrogens is 1. The van der Waals surface area contributed by atoms with Gasteiger partial charge in [0.2, 0.25) is 0 Å². The van der Waals surface area contributed by atoms with E-state index in [4.69, 9.17) is 5.73 Å². The van der Waals surface area contributed by atoms with Gasteiger partial charge in [0.25, 0.3) is 5.56 Å². The summed E-state index contributed by atoms with van der Waals surface area (Å²) in [6.07, 6.45) is 1.65. The first kappa shape index (κ1) is 15.7. The smallest absolute Gasteiger partial charge is 0.251 e. The summed E-state index contributed by atoms with van der Waals surface area (Å²) in [5.41, 5.74) is 6.82. The lowest BCUT2D eigenvalue weighted by molar-refractivity contribution is 0.607. The van der Waals surface area contributed by atoms with Gasteiger partial charge in [-0.1, -0.05) is 43.3 Å². The molecule has 0 amide bonds.